The number of hydrazone groups is 1. The smallest absolute Gasteiger partial charge is 0.250 e. The summed E-state index contributed by atoms with van der Waals surface area (Å²) in [6.45, 7) is 4.76. The molecule has 0 fully saturated rings. The van der Waals surface area contributed by atoms with Gasteiger partial charge in [0.25, 0.3) is 0 Å². The highest BCUT2D eigenvalue weighted by Gasteiger charge is 2.11. The number of aryl methyl sites for hydroxylation is 2. The number of amides is 1. The standard InChI is InChI=1S/C17H20Cl2N4OS/c1-3-4-9-23-17(19)15(12(2)22-23)10-20-21-16(24)11-25-14-7-5-13(18)6-8-14/h5-8,10H,3-4,9,11H2,1-2H3,(H,21,24)/b20-10-. The molecule has 0 radical (unpaired) electrons. The van der Waals surface area contributed by atoms with Gasteiger partial charge in [-0.05, 0) is 37.6 Å². The van der Waals surface area contributed by atoms with Crippen LogP contribution in [0.1, 0.15) is 31.0 Å². The Morgan fingerprint density at radius 3 is 2.76 bits per heavy atom. The Labute approximate surface area is 161 Å². The van der Waals surface area contributed by atoms with E-state index in [0.29, 0.717) is 10.2 Å². The molecule has 1 amide bonds. The molecule has 5 nitrogen and oxygen atoms in total. The molecule has 134 valence electrons. The molecule has 1 N–H and O–H groups in total. The minimum Gasteiger partial charge on any atom is -0.272 e. The quantitative estimate of drug-likeness (QED) is 0.403. The Balaban J connectivity index is 1.86. The van der Waals surface area contributed by atoms with Gasteiger partial charge in [0.15, 0.2) is 0 Å². The van der Waals surface area contributed by atoms with Crippen molar-refractivity contribution in [2.45, 2.75) is 38.1 Å². The van der Waals surface area contributed by atoms with E-state index in [-0.39, 0.29) is 11.7 Å². The van der Waals surface area contributed by atoms with E-state index < -0.39 is 0 Å². The van der Waals surface area contributed by atoms with Gasteiger partial charge < -0.3 is 0 Å². The summed E-state index contributed by atoms with van der Waals surface area (Å²) in [5.41, 5.74) is 4.02. The van der Waals surface area contributed by atoms with E-state index in [1.807, 2.05) is 19.1 Å². The zero-order valence-corrected chi connectivity index (χ0v) is 16.5. The number of carbonyl (C=O) groups is 1. The molecule has 25 heavy (non-hydrogen) atoms. The molecule has 0 unspecified atom stereocenters. The Bertz CT molecular complexity index is 744. The summed E-state index contributed by atoms with van der Waals surface area (Å²) >= 11 is 13.6. The summed E-state index contributed by atoms with van der Waals surface area (Å²) < 4.78 is 1.76. The predicted molar refractivity (Wildman–Crippen MR) is 105 cm³/mol. The average Bonchev–Trinajstić information content (AvgIpc) is 2.87. The lowest BCUT2D eigenvalue weighted by Gasteiger charge is -2.01. The average molecular weight is 399 g/mol. The second-order valence-corrected chi connectivity index (χ2v) is 7.25. The van der Waals surface area contributed by atoms with Crippen molar-refractivity contribution >= 4 is 47.1 Å². The van der Waals surface area contributed by atoms with Gasteiger partial charge >= 0.3 is 0 Å². The first-order valence-corrected chi connectivity index (χ1v) is 9.68. The summed E-state index contributed by atoms with van der Waals surface area (Å²) in [6.07, 6.45) is 3.62. The van der Waals surface area contributed by atoms with Crippen molar-refractivity contribution in [3.63, 3.8) is 0 Å². The second kappa shape index (κ2) is 9.85. The van der Waals surface area contributed by atoms with Gasteiger partial charge in [0, 0.05) is 16.5 Å². The lowest BCUT2D eigenvalue weighted by Crippen LogP contribution is -2.19. The van der Waals surface area contributed by atoms with Crippen molar-refractivity contribution in [3.05, 3.63) is 45.7 Å². The first kappa shape index (κ1) is 19.8. The van der Waals surface area contributed by atoms with Gasteiger partial charge in [-0.2, -0.15) is 10.2 Å². The molecule has 0 saturated carbocycles. The maximum atomic E-state index is 11.9. The molecule has 0 spiro atoms. The maximum Gasteiger partial charge on any atom is 0.250 e. The highest BCUT2D eigenvalue weighted by molar-refractivity contribution is 8.00. The summed E-state index contributed by atoms with van der Waals surface area (Å²) in [7, 11) is 0. The number of hydrogen-bond acceptors (Lipinski definition) is 4. The molecule has 2 aromatic rings. The predicted octanol–water partition coefficient (Wildman–Crippen LogP) is 4.54. The summed E-state index contributed by atoms with van der Waals surface area (Å²) in [6, 6.07) is 7.33. The van der Waals surface area contributed by atoms with Crippen LogP contribution in [0.4, 0.5) is 0 Å². The van der Waals surface area contributed by atoms with E-state index in [9.17, 15) is 4.79 Å². The Hall–Kier alpha value is -1.50. The minimum atomic E-state index is -0.191. The van der Waals surface area contributed by atoms with Gasteiger partial charge in [0.1, 0.15) is 5.15 Å². The molecule has 0 saturated heterocycles. The van der Waals surface area contributed by atoms with Crippen LogP contribution in [0.2, 0.25) is 10.2 Å². The molecular weight excluding hydrogens is 379 g/mol. The largest absolute Gasteiger partial charge is 0.272 e. The van der Waals surface area contributed by atoms with Gasteiger partial charge in [-0.15, -0.1) is 11.8 Å². The van der Waals surface area contributed by atoms with Crippen LogP contribution >= 0.6 is 35.0 Å². The van der Waals surface area contributed by atoms with Crippen molar-refractivity contribution in [1.29, 1.82) is 0 Å². The van der Waals surface area contributed by atoms with Gasteiger partial charge in [0.05, 0.1) is 23.2 Å². The zero-order chi connectivity index (χ0) is 18.2. The van der Waals surface area contributed by atoms with Crippen molar-refractivity contribution in [2.75, 3.05) is 5.75 Å². The van der Waals surface area contributed by atoms with Crippen LogP contribution in [0.25, 0.3) is 0 Å². The molecule has 0 aliphatic rings. The van der Waals surface area contributed by atoms with Crippen molar-refractivity contribution in [1.82, 2.24) is 15.2 Å². The molecular formula is C17H20Cl2N4OS. The van der Waals surface area contributed by atoms with Crippen molar-refractivity contribution < 1.29 is 4.79 Å². The third-order valence-electron chi connectivity index (χ3n) is 3.40. The SMILES string of the molecule is CCCCn1nc(C)c(/C=N\NC(=O)CSc2ccc(Cl)cc2)c1Cl. The molecule has 1 aromatic carbocycles. The highest BCUT2D eigenvalue weighted by atomic mass is 35.5. The number of aromatic nitrogens is 2. The number of nitrogens with zero attached hydrogens (tertiary/aromatic N) is 3. The lowest BCUT2D eigenvalue weighted by atomic mass is 10.3. The van der Waals surface area contributed by atoms with E-state index in [1.165, 1.54) is 18.0 Å². The Morgan fingerprint density at radius 1 is 1.36 bits per heavy atom. The molecule has 1 aromatic heterocycles. The number of nitrogens with one attached hydrogen (secondary N) is 1. The number of benzene rings is 1. The van der Waals surface area contributed by atoms with Crippen LogP contribution in [0.3, 0.4) is 0 Å². The van der Waals surface area contributed by atoms with Crippen LogP contribution in [0, 0.1) is 6.92 Å². The monoisotopic (exact) mass is 398 g/mol. The van der Waals surface area contributed by atoms with Crippen molar-refractivity contribution in [2.24, 2.45) is 5.10 Å². The van der Waals surface area contributed by atoms with E-state index >= 15 is 0 Å². The van der Waals surface area contributed by atoms with Gasteiger partial charge in [-0.1, -0.05) is 36.5 Å². The minimum absolute atomic E-state index is 0.191. The summed E-state index contributed by atoms with van der Waals surface area (Å²) in [5.74, 6) is 0.0740. The summed E-state index contributed by atoms with van der Waals surface area (Å²) in [4.78, 5) is 12.8. The lowest BCUT2D eigenvalue weighted by molar-refractivity contribution is -0.118. The van der Waals surface area contributed by atoms with E-state index in [4.69, 9.17) is 23.2 Å². The van der Waals surface area contributed by atoms with Crippen LogP contribution in [-0.2, 0) is 11.3 Å². The summed E-state index contributed by atoms with van der Waals surface area (Å²) in [5, 5.41) is 9.59. The Kier molecular flexibility index (Phi) is 7.81. The molecule has 0 aliphatic heterocycles. The number of halogens is 2. The van der Waals surface area contributed by atoms with E-state index in [0.717, 1.165) is 35.5 Å². The molecule has 0 aliphatic carbocycles. The maximum absolute atomic E-state index is 11.9. The third kappa shape index (κ3) is 6.06. The fraction of sp³-hybridized carbons (Fsp3) is 0.353. The number of carbonyl (C=O) groups excluding carboxylic acids is 1. The molecule has 0 bridgehead atoms. The van der Waals surface area contributed by atoms with Gasteiger partial charge in [-0.25, -0.2) is 5.43 Å². The van der Waals surface area contributed by atoms with Crippen LogP contribution < -0.4 is 5.43 Å². The van der Waals surface area contributed by atoms with E-state index in [1.54, 1.807) is 16.8 Å². The third-order valence-corrected chi connectivity index (χ3v) is 5.06. The van der Waals surface area contributed by atoms with Crippen molar-refractivity contribution in [3.8, 4) is 0 Å². The first-order chi connectivity index (χ1) is 12.0. The topological polar surface area (TPSA) is 59.3 Å². The number of hydrogen-bond donors (Lipinski definition) is 1. The fourth-order valence-corrected chi connectivity index (χ4v) is 3.18. The highest BCUT2D eigenvalue weighted by Crippen LogP contribution is 2.20. The number of rotatable bonds is 8. The first-order valence-electron chi connectivity index (χ1n) is 7.94. The van der Waals surface area contributed by atoms with E-state index in [2.05, 4.69) is 22.5 Å². The fourth-order valence-electron chi connectivity index (χ4n) is 2.05. The Morgan fingerprint density at radius 2 is 2.08 bits per heavy atom. The van der Waals surface area contributed by atoms with Gasteiger partial charge in [-0.3, -0.25) is 9.48 Å². The van der Waals surface area contributed by atoms with Gasteiger partial charge in [0.2, 0.25) is 5.91 Å². The van der Waals surface area contributed by atoms with Crippen LogP contribution in [0.5, 0.6) is 0 Å². The molecule has 2 rings (SSSR count). The molecule has 0 atom stereocenters. The van der Waals surface area contributed by atoms with Crippen LogP contribution in [-0.4, -0.2) is 27.7 Å². The second-order valence-electron chi connectivity index (χ2n) is 5.40. The number of unbranched alkanes of at least 4 members (excludes halogenated alkanes) is 1. The molecule has 8 heteroatoms. The molecule has 1 heterocycles. The normalized spacial score (nSPS) is 11.2. The zero-order valence-electron chi connectivity index (χ0n) is 14.1. The van der Waals surface area contributed by atoms with Crippen LogP contribution in [0.15, 0.2) is 34.3 Å². The number of thioether (sulfide) groups is 1.